The van der Waals surface area contributed by atoms with Crippen molar-refractivity contribution in [1.82, 2.24) is 9.80 Å². The Labute approximate surface area is 249 Å². The van der Waals surface area contributed by atoms with Crippen LogP contribution in [0.1, 0.15) is 91.5 Å². The first-order valence-electron chi connectivity index (χ1n) is 14.6. The van der Waals surface area contributed by atoms with Gasteiger partial charge < -0.3 is 20.3 Å². The van der Waals surface area contributed by atoms with Crippen LogP contribution in [0, 0.1) is 5.92 Å². The zero-order valence-electron chi connectivity index (χ0n) is 25.8. The lowest BCUT2D eigenvalue weighted by Gasteiger charge is -2.26. The number of rotatable bonds is 6. The Morgan fingerprint density at radius 2 is 1.79 bits per heavy atom. The largest absolute Gasteiger partial charge is 0.471 e. The molecule has 3 aliphatic rings. The van der Waals surface area contributed by atoms with Crippen LogP contribution in [0.5, 0.6) is 0 Å². The van der Waals surface area contributed by atoms with Crippen LogP contribution in [0.25, 0.3) is 0 Å². The van der Waals surface area contributed by atoms with Gasteiger partial charge in [-0.3, -0.25) is 9.59 Å². The zero-order valence-corrected chi connectivity index (χ0v) is 25.8. The fourth-order valence-corrected chi connectivity index (χ4v) is 5.29. The average molecular weight is 595 g/mol. The number of hydrogen-bond acceptors (Lipinski definition) is 6. The number of fused-ring (bicyclic) bond motifs is 1. The lowest BCUT2D eigenvalue weighted by atomic mass is 9.87. The molecule has 0 aromatic heterocycles. The molecule has 0 bridgehead atoms. The molecule has 1 fully saturated rings. The zero-order chi connectivity index (χ0) is 31.7. The van der Waals surface area contributed by atoms with Crippen LogP contribution in [-0.4, -0.2) is 74.4 Å². The van der Waals surface area contributed by atoms with Gasteiger partial charge in [0, 0.05) is 56.9 Å². The highest BCUT2D eigenvalue weighted by atomic mass is 19.4. The molecule has 236 valence electrons. The van der Waals surface area contributed by atoms with E-state index in [4.69, 9.17) is 4.74 Å². The van der Waals surface area contributed by atoms with Crippen molar-refractivity contribution in [1.29, 1.82) is 0 Å². The molecule has 7 nitrogen and oxygen atoms in total. The summed E-state index contributed by atoms with van der Waals surface area (Å²) in [7, 11) is 3.23. The minimum absolute atomic E-state index is 0.00120. The van der Waals surface area contributed by atoms with Gasteiger partial charge in [0.2, 0.25) is 0 Å². The number of amides is 1. The van der Waals surface area contributed by atoms with Gasteiger partial charge in [0.1, 0.15) is 6.29 Å². The van der Waals surface area contributed by atoms with E-state index in [1.165, 1.54) is 52.5 Å². The second-order valence-electron chi connectivity index (χ2n) is 10.5. The molecule has 42 heavy (non-hydrogen) atoms. The van der Waals surface area contributed by atoms with E-state index in [1.807, 2.05) is 6.92 Å². The fourth-order valence-electron chi connectivity index (χ4n) is 5.29. The number of aldehydes is 1. The molecule has 0 radical (unpaired) electrons. The number of ether oxygens (including phenoxy) is 1. The highest BCUT2D eigenvalue weighted by Crippen LogP contribution is 2.28. The van der Waals surface area contributed by atoms with E-state index >= 15 is 0 Å². The van der Waals surface area contributed by atoms with E-state index in [2.05, 4.69) is 28.8 Å². The Hall–Kier alpha value is -2.98. The van der Waals surface area contributed by atoms with Crippen molar-refractivity contribution in [3.05, 3.63) is 59.3 Å². The standard InChI is InChI=1S/C19H31F3N2O.C10H9NO2.C2H4.CH5N/c1-15-8-11-24(12-9-17-6-4-3-5-7-17)13-10-18(15)23-16(2)25-14-19(20,21)22;1-11-5-9-7(6-12)3-2-4-8(9)10(11)13;2*1-2/h17H,3-14H2,1-2H3;2-4,6H,5H2,1H3;1-2H2;2H2,1H3. The van der Waals surface area contributed by atoms with Gasteiger partial charge in [0.25, 0.3) is 5.91 Å². The molecule has 2 aliphatic heterocycles. The second-order valence-corrected chi connectivity index (χ2v) is 10.5. The summed E-state index contributed by atoms with van der Waals surface area (Å²) in [5.41, 5.74) is 8.68. The van der Waals surface area contributed by atoms with Crippen LogP contribution in [0.4, 0.5) is 13.2 Å². The first-order chi connectivity index (χ1) is 20.1. The summed E-state index contributed by atoms with van der Waals surface area (Å²) in [6.07, 6.45) is 6.34. The summed E-state index contributed by atoms with van der Waals surface area (Å²) in [6, 6.07) is 5.23. The maximum absolute atomic E-state index is 12.2. The van der Waals surface area contributed by atoms with Crippen molar-refractivity contribution in [3.63, 3.8) is 0 Å². The van der Waals surface area contributed by atoms with Crippen LogP contribution in [-0.2, 0) is 11.3 Å². The molecule has 1 aliphatic carbocycles. The Kier molecular flexibility index (Phi) is 17.0. The van der Waals surface area contributed by atoms with Crippen LogP contribution in [0.3, 0.4) is 0 Å². The van der Waals surface area contributed by atoms with Gasteiger partial charge >= 0.3 is 6.18 Å². The molecular weight excluding hydrogens is 545 g/mol. The molecule has 1 amide bonds. The maximum Gasteiger partial charge on any atom is 0.422 e. The topological polar surface area (TPSA) is 88.2 Å². The van der Waals surface area contributed by atoms with Gasteiger partial charge in [-0.1, -0.05) is 49.8 Å². The summed E-state index contributed by atoms with van der Waals surface area (Å²) < 4.78 is 41.4. The Bertz CT molecular complexity index is 1050. The predicted molar refractivity (Wildman–Crippen MR) is 164 cm³/mol. The Balaban J connectivity index is 0.000000433. The lowest BCUT2D eigenvalue weighted by Crippen LogP contribution is -2.28. The quantitative estimate of drug-likeness (QED) is 0.170. The number of nitrogens with zero attached hydrogens (tertiary/aromatic N) is 3. The smallest absolute Gasteiger partial charge is 0.422 e. The molecule has 0 saturated heterocycles. The SMILES string of the molecule is C=C.CC(=NC1=C(C)CCN(CCC2CCCCC2)CC1)OCC(F)(F)F.CN.CN1Cc2c(C=O)cccc2C1=O. The molecular formula is C32H49F3N4O3. The molecule has 4 rings (SSSR count). The van der Waals surface area contributed by atoms with Gasteiger partial charge in [-0.15, -0.1) is 13.2 Å². The van der Waals surface area contributed by atoms with Gasteiger partial charge in [-0.25, -0.2) is 4.99 Å². The number of aliphatic imine (C=N–C) groups is 1. The highest BCUT2D eigenvalue weighted by Gasteiger charge is 2.29. The molecule has 0 atom stereocenters. The molecule has 0 unspecified atom stereocenters. The minimum Gasteiger partial charge on any atom is -0.471 e. The van der Waals surface area contributed by atoms with Crippen LogP contribution < -0.4 is 5.73 Å². The summed E-state index contributed by atoms with van der Waals surface area (Å²) in [4.78, 5) is 30.5. The Morgan fingerprint density at radius 3 is 2.40 bits per heavy atom. The third kappa shape index (κ3) is 12.5. The molecule has 0 spiro atoms. The van der Waals surface area contributed by atoms with Crippen molar-refractivity contribution >= 4 is 18.1 Å². The van der Waals surface area contributed by atoms with E-state index in [-0.39, 0.29) is 11.8 Å². The van der Waals surface area contributed by atoms with Gasteiger partial charge in [0.15, 0.2) is 12.5 Å². The molecule has 2 heterocycles. The summed E-state index contributed by atoms with van der Waals surface area (Å²) in [6.45, 7) is 11.9. The molecule has 1 aromatic rings. The van der Waals surface area contributed by atoms with Gasteiger partial charge in [-0.2, -0.15) is 13.2 Å². The van der Waals surface area contributed by atoms with Crippen LogP contribution in [0.2, 0.25) is 0 Å². The normalized spacial score (nSPS) is 18.0. The van der Waals surface area contributed by atoms with E-state index in [1.54, 1.807) is 30.1 Å². The highest BCUT2D eigenvalue weighted by molar-refractivity contribution is 6.00. The number of nitrogens with two attached hydrogens (primary N) is 1. The number of carbonyl (C=O) groups excluding carboxylic acids is 2. The average Bonchev–Trinajstić information content (AvgIpc) is 3.18. The number of carbonyl (C=O) groups is 2. The summed E-state index contributed by atoms with van der Waals surface area (Å²) in [5, 5.41) is 0. The molecule has 2 N–H and O–H groups in total. The lowest BCUT2D eigenvalue weighted by molar-refractivity contribution is -0.156. The van der Waals surface area contributed by atoms with Crippen molar-refractivity contribution < 1.29 is 27.5 Å². The summed E-state index contributed by atoms with van der Waals surface area (Å²) in [5.74, 6) is 0.975. The van der Waals surface area contributed by atoms with E-state index < -0.39 is 12.8 Å². The van der Waals surface area contributed by atoms with E-state index in [0.29, 0.717) is 17.7 Å². The minimum atomic E-state index is -4.32. The number of hydrogen-bond donors (Lipinski definition) is 1. The van der Waals surface area contributed by atoms with E-state index in [9.17, 15) is 22.8 Å². The van der Waals surface area contributed by atoms with Crippen LogP contribution in [0.15, 0.2) is 47.6 Å². The van der Waals surface area contributed by atoms with Crippen molar-refractivity contribution in [2.75, 3.05) is 40.3 Å². The third-order valence-corrected chi connectivity index (χ3v) is 7.59. The third-order valence-electron chi connectivity index (χ3n) is 7.59. The second kappa shape index (κ2) is 19.3. The van der Waals surface area contributed by atoms with Gasteiger partial charge in [0.05, 0.1) is 0 Å². The molecule has 10 heteroatoms. The maximum atomic E-state index is 12.2. The van der Waals surface area contributed by atoms with Gasteiger partial charge in [-0.05, 0) is 50.9 Å². The van der Waals surface area contributed by atoms with Crippen molar-refractivity contribution in [2.24, 2.45) is 16.6 Å². The first-order valence-corrected chi connectivity index (χ1v) is 14.6. The first kappa shape index (κ1) is 37.0. The summed E-state index contributed by atoms with van der Waals surface area (Å²) >= 11 is 0. The van der Waals surface area contributed by atoms with Crippen molar-refractivity contribution in [3.8, 4) is 0 Å². The molecule has 1 saturated carbocycles. The number of halogens is 3. The molecule has 1 aromatic carbocycles. The Morgan fingerprint density at radius 1 is 1.14 bits per heavy atom. The van der Waals surface area contributed by atoms with Crippen molar-refractivity contribution in [2.45, 2.75) is 77.9 Å². The monoisotopic (exact) mass is 594 g/mol. The van der Waals surface area contributed by atoms with Crippen LogP contribution >= 0.6 is 0 Å². The fraction of sp³-hybridized carbons (Fsp3) is 0.594. The number of benzene rings is 1. The number of alkyl halides is 3. The van der Waals surface area contributed by atoms with E-state index in [0.717, 1.165) is 61.5 Å². The predicted octanol–water partition coefficient (Wildman–Crippen LogP) is 6.79.